The van der Waals surface area contributed by atoms with Crippen molar-refractivity contribution in [3.8, 4) is 0 Å². The molecule has 0 radical (unpaired) electrons. The Morgan fingerprint density at radius 2 is 1.81 bits per heavy atom. The predicted molar refractivity (Wildman–Crippen MR) is 111 cm³/mol. The summed E-state index contributed by atoms with van der Waals surface area (Å²) in [4.78, 5) is 21.6. The molecule has 0 bridgehead atoms. The lowest BCUT2D eigenvalue weighted by atomic mass is 9.93. The molecule has 0 aromatic carbocycles. The molecule has 2 heterocycles. The maximum absolute atomic E-state index is 12.6. The van der Waals surface area contributed by atoms with Crippen LogP contribution in [0.15, 0.2) is 4.99 Å². The molecule has 1 atom stereocenters. The summed E-state index contributed by atoms with van der Waals surface area (Å²) in [6, 6.07) is 0.328. The van der Waals surface area contributed by atoms with Crippen molar-refractivity contribution in [2.45, 2.75) is 64.3 Å². The van der Waals surface area contributed by atoms with E-state index in [4.69, 9.17) is 0 Å². The molecule has 2 saturated heterocycles. The Morgan fingerprint density at radius 1 is 1.07 bits per heavy atom. The van der Waals surface area contributed by atoms with Gasteiger partial charge in [-0.05, 0) is 64.1 Å². The van der Waals surface area contributed by atoms with Crippen molar-refractivity contribution in [2.75, 3.05) is 46.3 Å². The SMILES string of the molecule is CCN1CCC(CCNC(=NC)NC2CCN(C(=O)C3CCCC3)C2)CC1. The minimum Gasteiger partial charge on any atom is -0.356 e. The molecule has 0 aromatic heterocycles. The first-order valence-electron chi connectivity index (χ1n) is 11.2. The summed E-state index contributed by atoms with van der Waals surface area (Å²) in [7, 11) is 1.84. The fourth-order valence-corrected chi connectivity index (χ4v) is 4.88. The van der Waals surface area contributed by atoms with E-state index >= 15 is 0 Å². The highest BCUT2D eigenvalue weighted by molar-refractivity contribution is 5.81. The first kappa shape index (κ1) is 20.4. The number of carbonyl (C=O) groups is 1. The molecule has 154 valence electrons. The minimum atomic E-state index is 0.292. The van der Waals surface area contributed by atoms with Gasteiger partial charge in [-0.25, -0.2) is 0 Å². The largest absolute Gasteiger partial charge is 0.356 e. The number of hydrogen-bond donors (Lipinski definition) is 2. The van der Waals surface area contributed by atoms with Gasteiger partial charge in [-0.2, -0.15) is 0 Å². The molecule has 3 aliphatic rings. The smallest absolute Gasteiger partial charge is 0.225 e. The minimum absolute atomic E-state index is 0.292. The van der Waals surface area contributed by atoms with Gasteiger partial charge in [0, 0.05) is 38.6 Å². The fourth-order valence-electron chi connectivity index (χ4n) is 4.88. The molecule has 1 aliphatic carbocycles. The van der Waals surface area contributed by atoms with E-state index in [2.05, 4.69) is 32.3 Å². The third-order valence-electron chi connectivity index (χ3n) is 6.77. The molecular formula is C21H39N5O. The number of amides is 1. The molecule has 1 saturated carbocycles. The second-order valence-corrected chi connectivity index (χ2v) is 8.56. The van der Waals surface area contributed by atoms with Crippen LogP contribution in [0.2, 0.25) is 0 Å². The van der Waals surface area contributed by atoms with Crippen LogP contribution in [0.3, 0.4) is 0 Å². The Balaban J connectivity index is 1.34. The Kier molecular flexibility index (Phi) is 7.80. The highest BCUT2D eigenvalue weighted by atomic mass is 16.2. The van der Waals surface area contributed by atoms with Gasteiger partial charge in [-0.3, -0.25) is 9.79 Å². The van der Waals surface area contributed by atoms with Crippen LogP contribution < -0.4 is 10.6 Å². The van der Waals surface area contributed by atoms with Crippen LogP contribution in [0.5, 0.6) is 0 Å². The zero-order chi connectivity index (χ0) is 19.1. The summed E-state index contributed by atoms with van der Waals surface area (Å²) >= 11 is 0. The first-order chi connectivity index (χ1) is 13.2. The average Bonchev–Trinajstić information content (AvgIpc) is 3.39. The number of piperidine rings is 1. The highest BCUT2D eigenvalue weighted by Crippen LogP contribution is 2.27. The van der Waals surface area contributed by atoms with Gasteiger partial charge in [0.05, 0.1) is 0 Å². The van der Waals surface area contributed by atoms with Gasteiger partial charge in [-0.1, -0.05) is 19.8 Å². The molecule has 6 heteroatoms. The van der Waals surface area contributed by atoms with Crippen molar-refractivity contribution in [3.63, 3.8) is 0 Å². The molecule has 3 rings (SSSR count). The summed E-state index contributed by atoms with van der Waals surface area (Å²) in [6.07, 6.45) is 9.51. The molecule has 6 nitrogen and oxygen atoms in total. The first-order valence-corrected chi connectivity index (χ1v) is 11.2. The average molecular weight is 378 g/mol. The van der Waals surface area contributed by atoms with E-state index in [-0.39, 0.29) is 0 Å². The molecular weight excluding hydrogens is 338 g/mol. The number of hydrogen-bond acceptors (Lipinski definition) is 3. The number of nitrogens with one attached hydrogen (secondary N) is 2. The van der Waals surface area contributed by atoms with E-state index in [0.29, 0.717) is 17.9 Å². The number of aliphatic imine (C=N–C) groups is 1. The standard InChI is InChI=1S/C21H39N5O/c1-3-25-13-9-17(10-14-25)8-12-23-21(22-2)24-19-11-15-26(16-19)20(27)18-6-4-5-7-18/h17-19H,3-16H2,1-2H3,(H2,22,23,24). The van der Waals surface area contributed by atoms with Gasteiger partial charge >= 0.3 is 0 Å². The lowest BCUT2D eigenvalue weighted by Crippen LogP contribution is -2.46. The third-order valence-corrected chi connectivity index (χ3v) is 6.77. The molecule has 1 amide bonds. The highest BCUT2D eigenvalue weighted by Gasteiger charge is 2.32. The number of likely N-dealkylation sites (tertiary alicyclic amines) is 2. The second kappa shape index (κ2) is 10.3. The number of rotatable bonds is 6. The monoisotopic (exact) mass is 377 g/mol. The number of carbonyl (C=O) groups excluding carboxylic acids is 1. The van der Waals surface area contributed by atoms with Crippen LogP contribution in [-0.2, 0) is 4.79 Å². The maximum Gasteiger partial charge on any atom is 0.225 e. The molecule has 2 N–H and O–H groups in total. The van der Waals surface area contributed by atoms with E-state index < -0.39 is 0 Å². The third kappa shape index (κ3) is 5.84. The van der Waals surface area contributed by atoms with E-state index in [1.54, 1.807) is 0 Å². The quantitative estimate of drug-likeness (QED) is 0.549. The summed E-state index contributed by atoms with van der Waals surface area (Å²) < 4.78 is 0. The van der Waals surface area contributed by atoms with E-state index in [1.165, 1.54) is 51.7 Å². The number of nitrogens with zero attached hydrogens (tertiary/aromatic N) is 3. The van der Waals surface area contributed by atoms with Gasteiger partial charge in [0.1, 0.15) is 0 Å². The van der Waals surface area contributed by atoms with Crippen LogP contribution >= 0.6 is 0 Å². The molecule has 3 fully saturated rings. The van der Waals surface area contributed by atoms with Gasteiger partial charge in [0.15, 0.2) is 5.96 Å². The van der Waals surface area contributed by atoms with Gasteiger partial charge in [0.25, 0.3) is 0 Å². The lowest BCUT2D eigenvalue weighted by Gasteiger charge is -2.31. The van der Waals surface area contributed by atoms with Crippen LogP contribution in [0, 0.1) is 11.8 Å². The van der Waals surface area contributed by atoms with Crippen LogP contribution in [-0.4, -0.2) is 74.0 Å². The summed E-state index contributed by atoms with van der Waals surface area (Å²) in [5, 5.41) is 7.02. The lowest BCUT2D eigenvalue weighted by molar-refractivity contribution is -0.134. The molecule has 1 unspecified atom stereocenters. The van der Waals surface area contributed by atoms with Gasteiger partial charge < -0.3 is 20.4 Å². The molecule has 0 aromatic rings. The van der Waals surface area contributed by atoms with E-state index in [1.807, 2.05) is 7.05 Å². The number of guanidine groups is 1. The van der Waals surface area contributed by atoms with Crippen LogP contribution in [0.25, 0.3) is 0 Å². The van der Waals surface area contributed by atoms with Crippen molar-refractivity contribution in [1.82, 2.24) is 20.4 Å². The molecule has 0 spiro atoms. The Labute approximate surface area is 165 Å². The maximum atomic E-state index is 12.6. The van der Waals surface area contributed by atoms with E-state index in [0.717, 1.165) is 50.8 Å². The van der Waals surface area contributed by atoms with Crippen molar-refractivity contribution in [1.29, 1.82) is 0 Å². The van der Waals surface area contributed by atoms with Crippen molar-refractivity contribution in [2.24, 2.45) is 16.8 Å². The normalized spacial score (nSPS) is 25.9. The van der Waals surface area contributed by atoms with Crippen LogP contribution in [0.4, 0.5) is 0 Å². The van der Waals surface area contributed by atoms with Crippen molar-refractivity contribution in [3.05, 3.63) is 0 Å². The zero-order valence-corrected chi connectivity index (χ0v) is 17.4. The Morgan fingerprint density at radius 3 is 2.48 bits per heavy atom. The predicted octanol–water partition coefficient (Wildman–Crippen LogP) is 2.06. The van der Waals surface area contributed by atoms with Crippen LogP contribution in [0.1, 0.15) is 58.3 Å². The van der Waals surface area contributed by atoms with E-state index in [9.17, 15) is 4.79 Å². The van der Waals surface area contributed by atoms with Gasteiger partial charge in [0.2, 0.25) is 5.91 Å². The molecule has 2 aliphatic heterocycles. The fraction of sp³-hybridized carbons (Fsp3) is 0.905. The van der Waals surface area contributed by atoms with Crippen molar-refractivity contribution < 1.29 is 4.79 Å². The second-order valence-electron chi connectivity index (χ2n) is 8.56. The summed E-state index contributed by atoms with van der Waals surface area (Å²) in [6.45, 7) is 8.63. The van der Waals surface area contributed by atoms with Crippen molar-refractivity contribution >= 4 is 11.9 Å². The topological polar surface area (TPSA) is 60.0 Å². The Bertz CT molecular complexity index is 495. The zero-order valence-electron chi connectivity index (χ0n) is 17.4. The summed E-state index contributed by atoms with van der Waals surface area (Å²) in [5.74, 6) is 2.41. The van der Waals surface area contributed by atoms with Gasteiger partial charge in [-0.15, -0.1) is 0 Å². The summed E-state index contributed by atoms with van der Waals surface area (Å²) in [5.41, 5.74) is 0. The Hall–Kier alpha value is -1.30. The molecule has 27 heavy (non-hydrogen) atoms.